The SMILES string of the molecule is C.CCCC1CCC(=O)CC1.CCCC1CCC(O)(c2ccc3c(sc4c(F)c(C(F)(F)F)ccc43)c2F)CC1.Fc1cccc2c1sc1c(F)c(C(F)(F)F)ccc12. The average molecular weight is 873 g/mol. The van der Waals surface area contributed by atoms with Gasteiger partial charge in [0.05, 0.1) is 35.5 Å². The molecule has 0 radical (unpaired) electrons. The molecule has 1 N–H and O–H groups in total. The van der Waals surface area contributed by atoms with Crippen LogP contribution in [0.3, 0.4) is 0 Å². The van der Waals surface area contributed by atoms with Crippen molar-refractivity contribution in [1.82, 2.24) is 0 Å². The zero-order valence-electron chi connectivity index (χ0n) is 31.8. The highest BCUT2D eigenvalue weighted by molar-refractivity contribution is 7.26. The highest BCUT2D eigenvalue weighted by Gasteiger charge is 2.39. The number of hydrogen-bond donors (Lipinski definition) is 1. The summed E-state index contributed by atoms with van der Waals surface area (Å²) in [5.41, 5.74) is -3.83. The lowest BCUT2D eigenvalue weighted by Crippen LogP contribution is -2.32. The number of carbonyl (C=O) groups is 1. The largest absolute Gasteiger partial charge is 0.419 e. The number of alkyl halides is 6. The molecule has 2 saturated carbocycles. The lowest BCUT2D eigenvalue weighted by atomic mass is 9.74. The van der Waals surface area contributed by atoms with Crippen molar-refractivity contribution in [2.75, 3.05) is 0 Å². The maximum atomic E-state index is 15.4. The summed E-state index contributed by atoms with van der Waals surface area (Å²) >= 11 is 1.36. The molecule has 14 heteroatoms. The molecule has 0 amide bonds. The first-order valence-electron chi connectivity index (χ1n) is 19.4. The standard InChI is InChI=1S/C22H21F5OS.C13H5F5S.C9H16O.CH4/c1-2-3-12-8-10-21(28,11-9-12)15-6-4-13-14-5-7-16(22(25,26)27)18(24)20(14)29-19(13)17(15)23;14-9-3-1-2-6-7-4-5-8(13(16,17)18)10(15)12(7)19-11(6)9;1-2-3-8-4-6-9(10)7-5-8;/h4-7,12,28H,2-3,8-11H2,1H3;1-5H;8H,2-7H2,1H3;1H4. The molecule has 59 heavy (non-hydrogen) atoms. The summed E-state index contributed by atoms with van der Waals surface area (Å²) in [4.78, 5) is 10.8. The van der Waals surface area contributed by atoms with Crippen molar-refractivity contribution in [2.24, 2.45) is 11.8 Å². The Labute approximate surface area is 344 Å². The van der Waals surface area contributed by atoms with Gasteiger partial charge in [-0.2, -0.15) is 26.3 Å². The molecular formula is C45H46F10O2S2. The number of halogens is 10. The van der Waals surface area contributed by atoms with Crippen LogP contribution in [0, 0.1) is 35.1 Å². The number of ketones is 1. The molecule has 0 aliphatic heterocycles. The molecule has 2 heterocycles. The summed E-state index contributed by atoms with van der Waals surface area (Å²) in [5.74, 6) is -2.08. The van der Waals surface area contributed by atoms with Crippen LogP contribution in [-0.2, 0) is 22.7 Å². The minimum Gasteiger partial charge on any atom is -0.385 e. The second-order valence-electron chi connectivity index (χ2n) is 15.3. The van der Waals surface area contributed by atoms with E-state index in [1.54, 1.807) is 12.1 Å². The van der Waals surface area contributed by atoms with Crippen LogP contribution >= 0.6 is 22.7 Å². The van der Waals surface area contributed by atoms with Crippen LogP contribution in [0.5, 0.6) is 0 Å². The summed E-state index contributed by atoms with van der Waals surface area (Å²) in [6.07, 6.45) is 1.69. The van der Waals surface area contributed by atoms with E-state index < -0.39 is 52.3 Å². The first-order chi connectivity index (χ1) is 27.4. The van der Waals surface area contributed by atoms with E-state index in [1.165, 1.54) is 43.2 Å². The highest BCUT2D eigenvalue weighted by Crippen LogP contribution is 2.47. The third kappa shape index (κ3) is 9.75. The Hall–Kier alpha value is -3.75. The van der Waals surface area contributed by atoms with Gasteiger partial charge in [0, 0.05) is 39.9 Å². The van der Waals surface area contributed by atoms with Crippen LogP contribution in [0.4, 0.5) is 43.9 Å². The lowest BCUT2D eigenvalue weighted by Gasteiger charge is -2.36. The van der Waals surface area contributed by atoms with E-state index in [9.17, 15) is 49.4 Å². The van der Waals surface area contributed by atoms with Crippen molar-refractivity contribution in [3.05, 3.63) is 94.6 Å². The molecule has 2 aromatic heterocycles. The Balaban J connectivity index is 0.000000189. The van der Waals surface area contributed by atoms with E-state index in [1.807, 2.05) is 0 Å². The van der Waals surface area contributed by atoms with Gasteiger partial charge in [-0.1, -0.05) is 83.4 Å². The molecule has 0 saturated heterocycles. The quantitative estimate of drug-likeness (QED) is 0.175. The number of benzene rings is 4. The monoisotopic (exact) mass is 872 g/mol. The van der Waals surface area contributed by atoms with Crippen molar-refractivity contribution in [2.45, 2.75) is 116 Å². The molecule has 0 atom stereocenters. The zero-order chi connectivity index (χ0) is 42.2. The molecule has 6 aromatic rings. The Morgan fingerprint density at radius 3 is 1.51 bits per heavy atom. The predicted molar refractivity (Wildman–Crippen MR) is 218 cm³/mol. The number of Topliss-reactive ketones (excluding diaryl/α,β-unsaturated/α-hetero) is 1. The van der Waals surface area contributed by atoms with Crippen LogP contribution < -0.4 is 0 Å². The first kappa shape index (κ1) is 46.3. The van der Waals surface area contributed by atoms with Crippen molar-refractivity contribution in [1.29, 1.82) is 0 Å². The number of carbonyl (C=O) groups excluding carboxylic acids is 1. The Morgan fingerprint density at radius 1 is 0.610 bits per heavy atom. The Morgan fingerprint density at radius 2 is 1.03 bits per heavy atom. The summed E-state index contributed by atoms with van der Waals surface area (Å²) in [6.45, 7) is 4.33. The van der Waals surface area contributed by atoms with E-state index in [0.717, 1.165) is 57.3 Å². The molecule has 0 bridgehead atoms. The summed E-state index contributed by atoms with van der Waals surface area (Å²) in [6, 6.07) is 11.0. The van der Waals surface area contributed by atoms with Crippen LogP contribution in [0.2, 0.25) is 0 Å². The number of rotatable bonds is 5. The molecule has 320 valence electrons. The van der Waals surface area contributed by atoms with Gasteiger partial charge in [-0.15, -0.1) is 22.7 Å². The molecular weight excluding hydrogens is 827 g/mol. The second kappa shape index (κ2) is 18.5. The van der Waals surface area contributed by atoms with Gasteiger partial charge in [0.1, 0.15) is 17.4 Å². The van der Waals surface area contributed by atoms with E-state index >= 15 is 4.39 Å². The molecule has 2 nitrogen and oxygen atoms in total. The lowest BCUT2D eigenvalue weighted by molar-refractivity contribution is -0.140. The molecule has 8 rings (SSSR count). The second-order valence-corrected chi connectivity index (χ2v) is 17.3. The zero-order valence-corrected chi connectivity index (χ0v) is 33.4. The fourth-order valence-corrected chi connectivity index (χ4v) is 10.6. The molecule has 0 spiro atoms. The van der Waals surface area contributed by atoms with Gasteiger partial charge >= 0.3 is 12.4 Å². The third-order valence-electron chi connectivity index (χ3n) is 11.3. The molecule has 2 aliphatic rings. The minimum atomic E-state index is -4.82. The van der Waals surface area contributed by atoms with Gasteiger partial charge in [-0.05, 0) is 68.6 Å². The van der Waals surface area contributed by atoms with Crippen LogP contribution in [0.25, 0.3) is 40.3 Å². The number of hydrogen-bond acceptors (Lipinski definition) is 4. The number of fused-ring (bicyclic) bond motifs is 6. The maximum absolute atomic E-state index is 15.4. The highest BCUT2D eigenvalue weighted by atomic mass is 32.1. The first-order valence-corrected chi connectivity index (χ1v) is 21.0. The van der Waals surface area contributed by atoms with Gasteiger partial charge in [-0.25, -0.2) is 17.6 Å². The topological polar surface area (TPSA) is 37.3 Å². The van der Waals surface area contributed by atoms with Gasteiger partial charge in [0.2, 0.25) is 0 Å². The normalized spacial score (nSPS) is 19.1. The molecule has 0 unspecified atom stereocenters. The van der Waals surface area contributed by atoms with E-state index in [4.69, 9.17) is 0 Å². The Kier molecular flexibility index (Phi) is 14.5. The number of thiophene rings is 2. The van der Waals surface area contributed by atoms with E-state index in [2.05, 4.69) is 13.8 Å². The number of aliphatic hydroxyl groups is 1. The van der Waals surface area contributed by atoms with Crippen molar-refractivity contribution < 1.29 is 53.8 Å². The van der Waals surface area contributed by atoms with Gasteiger partial charge < -0.3 is 5.11 Å². The smallest absolute Gasteiger partial charge is 0.385 e. The van der Waals surface area contributed by atoms with E-state index in [-0.39, 0.29) is 37.2 Å². The van der Waals surface area contributed by atoms with Crippen molar-refractivity contribution >= 4 is 68.8 Å². The average Bonchev–Trinajstić information content (AvgIpc) is 3.75. The van der Waals surface area contributed by atoms with Crippen LogP contribution in [-0.4, -0.2) is 10.9 Å². The summed E-state index contributed by atoms with van der Waals surface area (Å²) in [5, 5.41) is 12.4. The Bertz CT molecular complexity index is 2410. The maximum Gasteiger partial charge on any atom is 0.419 e. The van der Waals surface area contributed by atoms with Gasteiger partial charge in [0.15, 0.2) is 11.6 Å². The fourth-order valence-electron chi connectivity index (χ4n) is 8.25. The van der Waals surface area contributed by atoms with Crippen LogP contribution in [0.1, 0.15) is 115 Å². The fraction of sp³-hybridized carbons (Fsp3) is 0.444. The predicted octanol–water partition coefficient (Wildman–Crippen LogP) is 16.1. The van der Waals surface area contributed by atoms with Gasteiger partial charge in [0.25, 0.3) is 0 Å². The third-order valence-corrected chi connectivity index (χ3v) is 13.8. The molecule has 2 fully saturated rings. The van der Waals surface area contributed by atoms with Crippen molar-refractivity contribution in [3.8, 4) is 0 Å². The molecule has 4 aromatic carbocycles. The van der Waals surface area contributed by atoms with Crippen molar-refractivity contribution in [3.63, 3.8) is 0 Å². The molecule has 2 aliphatic carbocycles. The van der Waals surface area contributed by atoms with Crippen LogP contribution in [0.15, 0.2) is 54.6 Å². The van der Waals surface area contributed by atoms with Gasteiger partial charge in [-0.3, -0.25) is 4.79 Å². The summed E-state index contributed by atoms with van der Waals surface area (Å²) < 4.78 is 134. The summed E-state index contributed by atoms with van der Waals surface area (Å²) in [7, 11) is 0. The minimum absolute atomic E-state index is 0. The van der Waals surface area contributed by atoms with E-state index in [0.29, 0.717) is 75.5 Å².